The van der Waals surface area contributed by atoms with Gasteiger partial charge in [0.05, 0.1) is 0 Å². The van der Waals surface area contributed by atoms with E-state index in [1.807, 2.05) is 0 Å². The van der Waals surface area contributed by atoms with E-state index in [9.17, 15) is 0 Å². The Bertz CT molecular complexity index is 188. The van der Waals surface area contributed by atoms with Crippen LogP contribution in [0.25, 0.3) is 0 Å². The van der Waals surface area contributed by atoms with Crippen LogP contribution in [0.1, 0.15) is 59.3 Å². The summed E-state index contributed by atoms with van der Waals surface area (Å²) in [6, 6.07) is 0.709. The van der Waals surface area contributed by atoms with E-state index in [0.29, 0.717) is 6.04 Å². The van der Waals surface area contributed by atoms with Gasteiger partial charge in [-0.05, 0) is 50.4 Å². The number of rotatable bonds is 5. The van der Waals surface area contributed by atoms with Gasteiger partial charge in [-0.15, -0.1) is 0 Å². The molecule has 0 aromatic rings. The molecule has 0 amide bonds. The molecule has 0 spiro atoms. The molecule has 0 radical (unpaired) electrons. The van der Waals surface area contributed by atoms with Crippen LogP contribution in [0.5, 0.6) is 0 Å². The van der Waals surface area contributed by atoms with Crippen LogP contribution in [0.15, 0.2) is 12.3 Å². The fourth-order valence-electron chi connectivity index (χ4n) is 2.23. The van der Waals surface area contributed by atoms with E-state index in [1.54, 1.807) is 0 Å². The third-order valence-electron chi connectivity index (χ3n) is 3.45. The van der Waals surface area contributed by atoms with E-state index in [1.165, 1.54) is 37.8 Å². The molecule has 0 atom stereocenters. The molecule has 1 aliphatic carbocycles. The highest BCUT2D eigenvalue weighted by Gasteiger charge is 2.17. The molecule has 1 rings (SSSR count). The molecular weight excluding hydrogens is 182 g/mol. The van der Waals surface area contributed by atoms with Gasteiger partial charge in [-0.1, -0.05) is 27.4 Å². The van der Waals surface area contributed by atoms with Gasteiger partial charge in [-0.25, -0.2) is 0 Å². The molecular formula is C14H27N. The lowest BCUT2D eigenvalue weighted by Crippen LogP contribution is -2.31. The van der Waals surface area contributed by atoms with Gasteiger partial charge >= 0.3 is 0 Å². The Hall–Kier alpha value is -0.460. The molecule has 1 aliphatic rings. The first-order valence-electron chi connectivity index (χ1n) is 6.52. The zero-order chi connectivity index (χ0) is 11.3. The van der Waals surface area contributed by atoms with Gasteiger partial charge in [-0.2, -0.15) is 0 Å². The largest absolute Gasteiger partial charge is 0.386 e. The van der Waals surface area contributed by atoms with Crippen LogP contribution in [0.4, 0.5) is 0 Å². The summed E-state index contributed by atoms with van der Waals surface area (Å²) in [6.07, 6.45) is 7.84. The highest BCUT2D eigenvalue weighted by atomic mass is 14.9. The maximum atomic E-state index is 4.13. The van der Waals surface area contributed by atoms with Crippen LogP contribution in [0.2, 0.25) is 0 Å². The minimum absolute atomic E-state index is 0.709. The third-order valence-corrected chi connectivity index (χ3v) is 3.45. The maximum Gasteiger partial charge on any atom is 0.0258 e. The third kappa shape index (κ3) is 5.25. The molecule has 15 heavy (non-hydrogen) atoms. The lowest BCUT2D eigenvalue weighted by Gasteiger charge is -2.28. The van der Waals surface area contributed by atoms with Crippen LogP contribution >= 0.6 is 0 Å². The number of nitrogens with one attached hydrogen (secondary N) is 1. The zero-order valence-electron chi connectivity index (χ0n) is 10.7. The molecule has 1 heteroatoms. The molecule has 0 heterocycles. The van der Waals surface area contributed by atoms with E-state index >= 15 is 0 Å². The van der Waals surface area contributed by atoms with Crippen molar-refractivity contribution >= 4 is 0 Å². The number of allylic oxidation sites excluding steroid dienone is 1. The SMILES string of the molecule is C=C(CCC(C)C)N[C@H]1CC[C@H](C)CC1. The van der Waals surface area contributed by atoms with E-state index < -0.39 is 0 Å². The number of hydrogen-bond donors (Lipinski definition) is 1. The standard InChI is InChI=1S/C14H27N/c1-11(2)5-8-13(4)15-14-9-6-12(3)7-10-14/h11-12,14-15H,4-10H2,1-3H3/t12-,14-. The van der Waals surface area contributed by atoms with Crippen molar-refractivity contribution in [2.24, 2.45) is 11.8 Å². The highest BCUT2D eigenvalue weighted by Crippen LogP contribution is 2.24. The summed E-state index contributed by atoms with van der Waals surface area (Å²) in [7, 11) is 0. The van der Waals surface area contributed by atoms with E-state index in [-0.39, 0.29) is 0 Å². The first kappa shape index (κ1) is 12.6. The van der Waals surface area contributed by atoms with E-state index in [0.717, 1.165) is 18.3 Å². The second-order valence-corrected chi connectivity index (χ2v) is 5.64. The first-order valence-corrected chi connectivity index (χ1v) is 6.52. The topological polar surface area (TPSA) is 12.0 Å². The van der Waals surface area contributed by atoms with Gasteiger partial charge in [0.1, 0.15) is 0 Å². The molecule has 0 unspecified atom stereocenters. The average Bonchev–Trinajstić information content (AvgIpc) is 2.19. The van der Waals surface area contributed by atoms with Crippen LogP contribution in [-0.4, -0.2) is 6.04 Å². The van der Waals surface area contributed by atoms with Crippen LogP contribution < -0.4 is 5.32 Å². The lowest BCUT2D eigenvalue weighted by molar-refractivity contribution is 0.318. The van der Waals surface area contributed by atoms with Crippen molar-refractivity contribution < 1.29 is 0 Å². The van der Waals surface area contributed by atoms with Crippen molar-refractivity contribution in [2.45, 2.75) is 65.3 Å². The monoisotopic (exact) mass is 209 g/mol. The molecule has 0 aliphatic heterocycles. The predicted octanol–water partition coefficient (Wildman–Crippen LogP) is 4.10. The normalized spacial score (nSPS) is 26.7. The highest BCUT2D eigenvalue weighted by molar-refractivity contribution is 4.95. The summed E-state index contributed by atoms with van der Waals surface area (Å²) < 4.78 is 0. The summed E-state index contributed by atoms with van der Waals surface area (Å²) in [6.45, 7) is 11.0. The second-order valence-electron chi connectivity index (χ2n) is 5.64. The second kappa shape index (κ2) is 6.19. The molecule has 88 valence electrons. The van der Waals surface area contributed by atoms with Crippen molar-refractivity contribution in [1.29, 1.82) is 0 Å². The Labute approximate surface area is 95.3 Å². The summed E-state index contributed by atoms with van der Waals surface area (Å²) in [5.74, 6) is 1.72. The molecule has 1 N–H and O–H groups in total. The maximum absolute atomic E-state index is 4.13. The van der Waals surface area contributed by atoms with Crippen LogP contribution in [0, 0.1) is 11.8 Å². The Morgan fingerprint density at radius 2 is 1.87 bits per heavy atom. The smallest absolute Gasteiger partial charge is 0.0258 e. The number of hydrogen-bond acceptors (Lipinski definition) is 1. The van der Waals surface area contributed by atoms with Gasteiger partial charge in [0.25, 0.3) is 0 Å². The van der Waals surface area contributed by atoms with E-state index in [2.05, 4.69) is 32.7 Å². The Balaban J connectivity index is 2.15. The first-order chi connectivity index (χ1) is 7.08. The Kier molecular flexibility index (Phi) is 5.21. The Morgan fingerprint density at radius 3 is 2.40 bits per heavy atom. The molecule has 0 bridgehead atoms. The molecule has 0 aromatic heterocycles. The quantitative estimate of drug-likeness (QED) is 0.718. The molecule has 0 saturated heterocycles. The summed E-state index contributed by atoms with van der Waals surface area (Å²) in [4.78, 5) is 0. The van der Waals surface area contributed by atoms with Gasteiger partial charge in [0, 0.05) is 11.7 Å². The van der Waals surface area contributed by atoms with Gasteiger partial charge in [-0.3, -0.25) is 0 Å². The minimum Gasteiger partial charge on any atom is -0.386 e. The van der Waals surface area contributed by atoms with Crippen molar-refractivity contribution in [3.8, 4) is 0 Å². The summed E-state index contributed by atoms with van der Waals surface area (Å²) >= 11 is 0. The zero-order valence-corrected chi connectivity index (χ0v) is 10.7. The van der Waals surface area contributed by atoms with Crippen LogP contribution in [0.3, 0.4) is 0 Å². The molecule has 1 nitrogen and oxygen atoms in total. The van der Waals surface area contributed by atoms with Crippen LogP contribution in [-0.2, 0) is 0 Å². The molecule has 1 fully saturated rings. The van der Waals surface area contributed by atoms with Crippen molar-refractivity contribution in [3.63, 3.8) is 0 Å². The van der Waals surface area contributed by atoms with Gasteiger partial charge < -0.3 is 5.32 Å². The molecule has 0 aromatic carbocycles. The van der Waals surface area contributed by atoms with Gasteiger partial charge in [0.15, 0.2) is 0 Å². The molecule has 1 saturated carbocycles. The van der Waals surface area contributed by atoms with Crippen molar-refractivity contribution in [3.05, 3.63) is 12.3 Å². The lowest BCUT2D eigenvalue weighted by atomic mass is 9.87. The summed E-state index contributed by atoms with van der Waals surface area (Å²) in [5.41, 5.74) is 1.25. The minimum atomic E-state index is 0.709. The Morgan fingerprint density at radius 1 is 1.27 bits per heavy atom. The fourth-order valence-corrected chi connectivity index (χ4v) is 2.23. The van der Waals surface area contributed by atoms with E-state index in [4.69, 9.17) is 0 Å². The fraction of sp³-hybridized carbons (Fsp3) is 0.857. The van der Waals surface area contributed by atoms with Gasteiger partial charge in [0.2, 0.25) is 0 Å². The van der Waals surface area contributed by atoms with Crippen molar-refractivity contribution in [2.75, 3.05) is 0 Å². The van der Waals surface area contributed by atoms with Crippen molar-refractivity contribution in [1.82, 2.24) is 5.32 Å². The average molecular weight is 209 g/mol. The predicted molar refractivity (Wildman–Crippen MR) is 67.8 cm³/mol. The summed E-state index contributed by atoms with van der Waals surface area (Å²) in [5, 5.41) is 3.60.